The van der Waals surface area contributed by atoms with Gasteiger partial charge in [0.2, 0.25) is 5.78 Å². The normalized spacial score (nSPS) is 11.6. The van der Waals surface area contributed by atoms with Gasteiger partial charge >= 0.3 is 0 Å². The second-order valence-electron chi connectivity index (χ2n) is 3.46. The Bertz CT molecular complexity index is 581. The molecule has 0 unspecified atom stereocenters. The van der Waals surface area contributed by atoms with Gasteiger partial charge in [0.15, 0.2) is 0 Å². The molecule has 0 amide bonds. The Balaban J connectivity index is 2.42. The molecule has 1 aromatic carbocycles. The highest BCUT2D eigenvalue weighted by Gasteiger charge is 2.37. The van der Waals surface area contributed by atoms with E-state index in [1.165, 1.54) is 35.4 Å². The number of halogens is 4. The maximum Gasteiger partial charge on any atom is 0.259 e. The largest absolute Gasteiger partial charge is 0.298 e. The van der Waals surface area contributed by atoms with Gasteiger partial charge in [0, 0.05) is 23.0 Å². The van der Waals surface area contributed by atoms with Crippen molar-refractivity contribution in [3.05, 3.63) is 52.5 Å². The van der Waals surface area contributed by atoms with Crippen LogP contribution in [0.15, 0.2) is 36.9 Å². The van der Waals surface area contributed by atoms with Gasteiger partial charge in [-0.05, 0) is 18.2 Å². The fourth-order valence-electron chi connectivity index (χ4n) is 1.38. The Morgan fingerprint density at radius 1 is 1.28 bits per heavy atom. The number of Topliss-reactive ketones (excluding diaryl/α,β-unsaturated/α-hetero) is 1. The van der Waals surface area contributed by atoms with Crippen molar-refractivity contribution in [3.63, 3.8) is 0 Å². The van der Waals surface area contributed by atoms with E-state index >= 15 is 0 Å². The van der Waals surface area contributed by atoms with Crippen LogP contribution in [0.2, 0.25) is 10.0 Å². The van der Waals surface area contributed by atoms with Crippen molar-refractivity contribution in [2.75, 3.05) is 0 Å². The second kappa shape index (κ2) is 5.10. The SMILES string of the molecule is O=C(c1ccc(Cl)cc1Cl)C(Cl)(Cl)n1ccnc1. The van der Waals surface area contributed by atoms with Crippen LogP contribution in [-0.2, 0) is 4.46 Å². The van der Waals surface area contributed by atoms with Gasteiger partial charge in [0.25, 0.3) is 4.46 Å². The fourth-order valence-corrected chi connectivity index (χ4v) is 2.28. The quantitative estimate of drug-likeness (QED) is 0.628. The van der Waals surface area contributed by atoms with E-state index in [-0.39, 0.29) is 10.6 Å². The molecule has 1 aromatic heterocycles. The van der Waals surface area contributed by atoms with E-state index in [1.807, 2.05) is 0 Å². The molecule has 0 aliphatic rings. The number of nitrogens with zero attached hydrogens (tertiary/aromatic N) is 2. The topological polar surface area (TPSA) is 34.9 Å². The van der Waals surface area contributed by atoms with Crippen LogP contribution in [0, 0.1) is 0 Å². The van der Waals surface area contributed by atoms with Crippen molar-refractivity contribution in [1.29, 1.82) is 0 Å². The van der Waals surface area contributed by atoms with Crippen molar-refractivity contribution < 1.29 is 4.79 Å². The molecule has 2 aromatic rings. The molecule has 0 N–H and O–H groups in total. The molecule has 2 rings (SSSR count). The predicted octanol–water partition coefficient (Wildman–Crippen LogP) is 4.16. The zero-order chi connectivity index (χ0) is 13.3. The van der Waals surface area contributed by atoms with Crippen molar-refractivity contribution in [2.45, 2.75) is 4.46 Å². The van der Waals surface area contributed by atoms with Crippen molar-refractivity contribution in [2.24, 2.45) is 0 Å². The third-order valence-electron chi connectivity index (χ3n) is 2.28. The van der Waals surface area contributed by atoms with Gasteiger partial charge in [-0.25, -0.2) is 4.98 Å². The number of hydrogen-bond acceptors (Lipinski definition) is 2. The van der Waals surface area contributed by atoms with Gasteiger partial charge in [-0.15, -0.1) is 0 Å². The molecule has 0 saturated heterocycles. The third-order valence-corrected chi connectivity index (χ3v) is 3.56. The van der Waals surface area contributed by atoms with E-state index in [2.05, 4.69) is 4.98 Å². The van der Waals surface area contributed by atoms with E-state index < -0.39 is 10.2 Å². The summed E-state index contributed by atoms with van der Waals surface area (Å²) in [6.45, 7) is 0. The van der Waals surface area contributed by atoms with Crippen LogP contribution in [0.1, 0.15) is 10.4 Å². The number of carbonyl (C=O) groups is 1. The molecule has 0 spiro atoms. The lowest BCUT2D eigenvalue weighted by atomic mass is 10.1. The average Bonchev–Trinajstić information content (AvgIpc) is 2.82. The van der Waals surface area contributed by atoms with Gasteiger partial charge in [-0.2, -0.15) is 0 Å². The Kier molecular flexibility index (Phi) is 3.87. The predicted molar refractivity (Wildman–Crippen MR) is 72.7 cm³/mol. The minimum absolute atomic E-state index is 0.193. The minimum Gasteiger partial charge on any atom is -0.298 e. The summed E-state index contributed by atoms with van der Waals surface area (Å²) >= 11 is 23.8. The van der Waals surface area contributed by atoms with Crippen LogP contribution in [0.5, 0.6) is 0 Å². The monoisotopic (exact) mass is 322 g/mol. The van der Waals surface area contributed by atoms with E-state index in [0.29, 0.717) is 5.02 Å². The van der Waals surface area contributed by atoms with Crippen LogP contribution in [0.25, 0.3) is 0 Å². The van der Waals surface area contributed by atoms with Crippen molar-refractivity contribution >= 4 is 52.2 Å². The van der Waals surface area contributed by atoms with Gasteiger partial charge in [0.1, 0.15) is 0 Å². The summed E-state index contributed by atoms with van der Waals surface area (Å²) in [7, 11) is 0. The molecule has 0 bridgehead atoms. The van der Waals surface area contributed by atoms with Crippen molar-refractivity contribution in [3.8, 4) is 0 Å². The number of hydrogen-bond donors (Lipinski definition) is 0. The molecule has 7 heteroatoms. The number of carbonyl (C=O) groups excluding carboxylic acids is 1. The molecule has 94 valence electrons. The lowest BCUT2D eigenvalue weighted by molar-refractivity contribution is 0.0943. The number of imidazole rings is 1. The third kappa shape index (κ3) is 2.50. The highest BCUT2D eigenvalue weighted by atomic mass is 35.5. The molecule has 0 aliphatic heterocycles. The fraction of sp³-hybridized carbons (Fsp3) is 0.0909. The summed E-state index contributed by atoms with van der Waals surface area (Å²) in [5.74, 6) is -0.550. The summed E-state index contributed by atoms with van der Waals surface area (Å²) < 4.78 is -0.517. The first-order valence-electron chi connectivity index (χ1n) is 4.79. The smallest absolute Gasteiger partial charge is 0.259 e. The first-order chi connectivity index (χ1) is 8.43. The van der Waals surface area contributed by atoms with E-state index in [9.17, 15) is 4.79 Å². The Labute approximate surface area is 123 Å². The second-order valence-corrected chi connectivity index (χ2v) is 5.60. The zero-order valence-electron chi connectivity index (χ0n) is 8.78. The molecular formula is C11H6Cl4N2O. The van der Waals surface area contributed by atoms with Crippen LogP contribution >= 0.6 is 46.4 Å². The van der Waals surface area contributed by atoms with E-state index in [1.54, 1.807) is 6.07 Å². The minimum atomic E-state index is -1.80. The molecule has 0 radical (unpaired) electrons. The lowest BCUT2D eigenvalue weighted by Gasteiger charge is -2.20. The van der Waals surface area contributed by atoms with Gasteiger partial charge in [-0.3, -0.25) is 9.36 Å². The van der Waals surface area contributed by atoms with Crippen LogP contribution in [-0.4, -0.2) is 15.3 Å². The number of rotatable bonds is 3. The zero-order valence-corrected chi connectivity index (χ0v) is 11.8. The molecule has 0 saturated carbocycles. The van der Waals surface area contributed by atoms with E-state index in [4.69, 9.17) is 46.4 Å². The maximum atomic E-state index is 12.3. The Hall–Kier alpha value is -0.740. The molecule has 18 heavy (non-hydrogen) atoms. The van der Waals surface area contributed by atoms with Crippen LogP contribution < -0.4 is 0 Å². The van der Waals surface area contributed by atoms with Crippen LogP contribution in [0.4, 0.5) is 0 Å². The highest BCUT2D eigenvalue weighted by molar-refractivity contribution is 6.57. The summed E-state index contributed by atoms with van der Waals surface area (Å²) in [5, 5.41) is 0.618. The van der Waals surface area contributed by atoms with Crippen molar-refractivity contribution in [1.82, 2.24) is 9.55 Å². The summed E-state index contributed by atoms with van der Waals surface area (Å²) in [4.78, 5) is 16.0. The first kappa shape index (κ1) is 13.7. The summed E-state index contributed by atoms with van der Waals surface area (Å²) in [5.41, 5.74) is 0.194. The Morgan fingerprint density at radius 3 is 2.56 bits per heavy atom. The molecule has 3 nitrogen and oxygen atoms in total. The average molecular weight is 324 g/mol. The number of ketones is 1. The summed E-state index contributed by atoms with van der Waals surface area (Å²) in [6, 6.07) is 4.47. The molecule has 0 aliphatic carbocycles. The van der Waals surface area contributed by atoms with E-state index in [0.717, 1.165) is 0 Å². The molecule has 0 fully saturated rings. The lowest BCUT2D eigenvalue weighted by Crippen LogP contribution is -2.30. The summed E-state index contributed by atoms with van der Waals surface area (Å²) in [6.07, 6.45) is 4.31. The molecule has 1 heterocycles. The molecule has 0 atom stereocenters. The standard InChI is InChI=1S/C11H6Cl4N2O/c12-7-1-2-8(9(13)5-7)10(18)11(14,15)17-4-3-16-6-17/h1-6H. The maximum absolute atomic E-state index is 12.3. The van der Waals surface area contributed by atoms with Gasteiger partial charge in [0.05, 0.1) is 11.3 Å². The molecular weight excluding hydrogens is 318 g/mol. The number of aromatic nitrogens is 2. The number of alkyl halides is 2. The Morgan fingerprint density at radius 2 is 2.00 bits per heavy atom. The first-order valence-corrected chi connectivity index (χ1v) is 6.30. The number of benzene rings is 1. The van der Waals surface area contributed by atoms with Crippen LogP contribution in [0.3, 0.4) is 0 Å². The highest BCUT2D eigenvalue weighted by Crippen LogP contribution is 2.34. The van der Waals surface area contributed by atoms with Gasteiger partial charge < -0.3 is 0 Å². The van der Waals surface area contributed by atoms with Gasteiger partial charge in [-0.1, -0.05) is 46.4 Å².